The number of carbonyl (C=O) groups excluding carboxylic acids is 1. The molecule has 0 radical (unpaired) electrons. The van der Waals surface area contributed by atoms with Gasteiger partial charge in [0.15, 0.2) is 0 Å². The highest BCUT2D eigenvalue weighted by Crippen LogP contribution is 2.08. The fourth-order valence-electron chi connectivity index (χ4n) is 2.21. The Bertz CT molecular complexity index is 376. The van der Waals surface area contributed by atoms with E-state index in [1.54, 1.807) is 7.11 Å². The van der Waals surface area contributed by atoms with E-state index in [1.807, 2.05) is 23.1 Å². The van der Waals surface area contributed by atoms with E-state index in [-0.39, 0.29) is 5.91 Å². The monoisotopic (exact) mass is 277 g/mol. The van der Waals surface area contributed by atoms with Crippen molar-refractivity contribution in [1.29, 1.82) is 0 Å². The molecular weight excluding hydrogens is 250 g/mol. The van der Waals surface area contributed by atoms with E-state index in [1.165, 1.54) is 5.56 Å². The molecule has 0 atom stereocenters. The minimum atomic E-state index is 0.242. The van der Waals surface area contributed by atoms with Crippen LogP contribution in [0.25, 0.3) is 0 Å². The van der Waals surface area contributed by atoms with E-state index in [0.717, 1.165) is 19.4 Å². The van der Waals surface area contributed by atoms with Crippen molar-refractivity contribution in [1.82, 2.24) is 4.90 Å². The van der Waals surface area contributed by atoms with Gasteiger partial charge in [-0.25, -0.2) is 0 Å². The largest absolute Gasteiger partial charge is 0.383 e. The molecule has 0 aliphatic rings. The number of amides is 1. The van der Waals surface area contributed by atoms with Gasteiger partial charge in [0.05, 0.1) is 6.61 Å². The van der Waals surface area contributed by atoms with Crippen molar-refractivity contribution >= 4 is 5.91 Å². The van der Waals surface area contributed by atoms with Gasteiger partial charge in [-0.2, -0.15) is 0 Å². The molecule has 0 aliphatic carbocycles. The highest BCUT2D eigenvalue weighted by molar-refractivity contribution is 5.76. The first-order valence-electron chi connectivity index (χ1n) is 7.44. The third-order valence-electron chi connectivity index (χ3n) is 3.20. The zero-order chi connectivity index (χ0) is 14.8. The van der Waals surface area contributed by atoms with Gasteiger partial charge in [0.1, 0.15) is 0 Å². The van der Waals surface area contributed by atoms with Crippen LogP contribution >= 0.6 is 0 Å². The number of hydrogen-bond donors (Lipinski definition) is 0. The fourth-order valence-corrected chi connectivity index (χ4v) is 2.21. The minimum Gasteiger partial charge on any atom is -0.383 e. The van der Waals surface area contributed by atoms with Crippen LogP contribution in [0, 0.1) is 5.92 Å². The van der Waals surface area contributed by atoms with Crippen LogP contribution in [0.1, 0.15) is 32.3 Å². The standard InChI is InChI=1S/C17H27NO2/c1-15(2)14-18(12-13-20-3)17(19)11-7-10-16-8-5-4-6-9-16/h4-6,8-9,15H,7,10-14H2,1-3H3. The Morgan fingerprint density at radius 3 is 2.55 bits per heavy atom. The number of rotatable bonds is 9. The normalized spacial score (nSPS) is 10.8. The van der Waals surface area contributed by atoms with Crippen molar-refractivity contribution in [2.24, 2.45) is 5.92 Å². The molecule has 0 heterocycles. The minimum absolute atomic E-state index is 0.242. The number of nitrogens with zero attached hydrogens (tertiary/aromatic N) is 1. The molecule has 1 rings (SSSR count). The molecule has 0 N–H and O–H groups in total. The maximum Gasteiger partial charge on any atom is 0.222 e. The predicted octanol–water partition coefficient (Wildman–Crippen LogP) is 3.14. The van der Waals surface area contributed by atoms with Gasteiger partial charge in [0.2, 0.25) is 5.91 Å². The number of benzene rings is 1. The lowest BCUT2D eigenvalue weighted by molar-refractivity contribution is -0.132. The topological polar surface area (TPSA) is 29.5 Å². The summed E-state index contributed by atoms with van der Waals surface area (Å²) in [4.78, 5) is 14.2. The molecule has 0 bridgehead atoms. The fraction of sp³-hybridized carbons (Fsp3) is 0.588. The first-order chi connectivity index (χ1) is 9.63. The van der Waals surface area contributed by atoms with Crippen LogP contribution < -0.4 is 0 Å². The Labute approximate surface area is 122 Å². The highest BCUT2D eigenvalue weighted by Gasteiger charge is 2.14. The summed E-state index contributed by atoms with van der Waals surface area (Å²) in [5.74, 6) is 0.733. The molecule has 1 aromatic carbocycles. The Morgan fingerprint density at radius 2 is 1.95 bits per heavy atom. The summed E-state index contributed by atoms with van der Waals surface area (Å²) in [6, 6.07) is 10.3. The number of hydrogen-bond acceptors (Lipinski definition) is 2. The van der Waals surface area contributed by atoms with Crippen molar-refractivity contribution in [3.8, 4) is 0 Å². The predicted molar refractivity (Wildman–Crippen MR) is 82.7 cm³/mol. The van der Waals surface area contributed by atoms with Crippen LogP contribution in [0.3, 0.4) is 0 Å². The Balaban J connectivity index is 2.37. The lowest BCUT2D eigenvalue weighted by Gasteiger charge is -2.24. The van der Waals surface area contributed by atoms with Crippen molar-refractivity contribution in [3.63, 3.8) is 0 Å². The SMILES string of the molecule is COCCN(CC(C)C)C(=O)CCCc1ccccc1. The molecule has 112 valence electrons. The van der Waals surface area contributed by atoms with E-state index in [0.29, 0.717) is 25.5 Å². The molecular formula is C17H27NO2. The first-order valence-corrected chi connectivity index (χ1v) is 7.44. The molecule has 0 aromatic heterocycles. The highest BCUT2D eigenvalue weighted by atomic mass is 16.5. The second-order valence-corrected chi connectivity index (χ2v) is 5.57. The average Bonchev–Trinajstić information content (AvgIpc) is 2.44. The van der Waals surface area contributed by atoms with Crippen LogP contribution in [0.2, 0.25) is 0 Å². The van der Waals surface area contributed by atoms with Gasteiger partial charge in [0, 0.05) is 26.6 Å². The third kappa shape index (κ3) is 6.71. The van der Waals surface area contributed by atoms with Gasteiger partial charge in [-0.3, -0.25) is 4.79 Å². The first kappa shape index (κ1) is 16.7. The van der Waals surface area contributed by atoms with Crippen LogP contribution in [-0.2, 0) is 16.0 Å². The smallest absolute Gasteiger partial charge is 0.222 e. The maximum atomic E-state index is 12.2. The molecule has 0 fully saturated rings. The number of aryl methyl sites for hydroxylation is 1. The summed E-state index contributed by atoms with van der Waals surface area (Å²) in [5, 5.41) is 0. The molecule has 0 spiro atoms. The zero-order valence-electron chi connectivity index (χ0n) is 13.0. The van der Waals surface area contributed by atoms with E-state index >= 15 is 0 Å². The van der Waals surface area contributed by atoms with E-state index in [2.05, 4.69) is 26.0 Å². The van der Waals surface area contributed by atoms with Gasteiger partial charge >= 0.3 is 0 Å². The lowest BCUT2D eigenvalue weighted by Crippen LogP contribution is -2.36. The summed E-state index contributed by atoms with van der Waals surface area (Å²) in [7, 11) is 1.67. The van der Waals surface area contributed by atoms with Crippen LogP contribution in [0.15, 0.2) is 30.3 Å². The molecule has 1 amide bonds. The van der Waals surface area contributed by atoms with Gasteiger partial charge in [-0.1, -0.05) is 44.2 Å². The quantitative estimate of drug-likeness (QED) is 0.694. The zero-order valence-corrected chi connectivity index (χ0v) is 13.0. The Morgan fingerprint density at radius 1 is 1.25 bits per heavy atom. The summed E-state index contributed by atoms with van der Waals surface area (Å²) < 4.78 is 5.08. The van der Waals surface area contributed by atoms with Gasteiger partial charge in [-0.05, 0) is 24.3 Å². The number of ether oxygens (including phenoxy) is 1. The second kappa shape index (κ2) is 9.54. The van der Waals surface area contributed by atoms with Crippen molar-refractivity contribution < 1.29 is 9.53 Å². The average molecular weight is 277 g/mol. The molecule has 0 saturated carbocycles. The van der Waals surface area contributed by atoms with E-state index in [9.17, 15) is 4.79 Å². The van der Waals surface area contributed by atoms with Gasteiger partial charge in [-0.15, -0.1) is 0 Å². The van der Waals surface area contributed by atoms with E-state index in [4.69, 9.17) is 4.74 Å². The molecule has 0 saturated heterocycles. The van der Waals surface area contributed by atoms with Crippen LogP contribution in [-0.4, -0.2) is 37.6 Å². The molecule has 1 aromatic rings. The molecule has 0 aliphatic heterocycles. The van der Waals surface area contributed by atoms with Crippen LogP contribution in [0.4, 0.5) is 0 Å². The lowest BCUT2D eigenvalue weighted by atomic mass is 10.1. The van der Waals surface area contributed by atoms with Gasteiger partial charge < -0.3 is 9.64 Å². The molecule has 0 unspecified atom stereocenters. The summed E-state index contributed by atoms with van der Waals surface area (Å²) in [5.41, 5.74) is 1.30. The van der Waals surface area contributed by atoms with Gasteiger partial charge in [0.25, 0.3) is 0 Å². The Kier molecular flexibility index (Phi) is 7.97. The second-order valence-electron chi connectivity index (χ2n) is 5.57. The van der Waals surface area contributed by atoms with Crippen molar-refractivity contribution in [2.45, 2.75) is 33.1 Å². The molecule has 20 heavy (non-hydrogen) atoms. The number of carbonyl (C=O) groups is 1. The number of methoxy groups -OCH3 is 1. The molecule has 3 nitrogen and oxygen atoms in total. The Hall–Kier alpha value is -1.35. The third-order valence-corrected chi connectivity index (χ3v) is 3.20. The van der Waals surface area contributed by atoms with Crippen molar-refractivity contribution in [2.75, 3.05) is 26.8 Å². The molecule has 3 heteroatoms. The van der Waals surface area contributed by atoms with E-state index < -0.39 is 0 Å². The van der Waals surface area contributed by atoms with Crippen LogP contribution in [0.5, 0.6) is 0 Å². The summed E-state index contributed by atoms with van der Waals surface area (Å²) >= 11 is 0. The van der Waals surface area contributed by atoms with Crippen molar-refractivity contribution in [3.05, 3.63) is 35.9 Å². The summed E-state index contributed by atoms with van der Waals surface area (Å²) in [6.45, 7) is 6.39. The maximum absolute atomic E-state index is 12.2. The summed E-state index contributed by atoms with van der Waals surface area (Å²) in [6.07, 6.45) is 2.49.